The van der Waals surface area contributed by atoms with Gasteiger partial charge in [0.25, 0.3) is 5.91 Å². The summed E-state index contributed by atoms with van der Waals surface area (Å²) in [7, 11) is 0. The molecule has 1 amide bonds. The van der Waals surface area contributed by atoms with Gasteiger partial charge in [0, 0.05) is 32.0 Å². The Morgan fingerprint density at radius 2 is 1.85 bits per heavy atom. The Morgan fingerprint density at radius 1 is 1.07 bits per heavy atom. The summed E-state index contributed by atoms with van der Waals surface area (Å²) in [5.74, 6) is -0.892. The summed E-state index contributed by atoms with van der Waals surface area (Å²) in [5, 5.41) is 0. The predicted octanol–water partition coefficient (Wildman–Crippen LogP) is 3.98. The maximum Gasteiger partial charge on any atom is 0.260 e. The van der Waals surface area contributed by atoms with Crippen molar-refractivity contribution in [2.24, 2.45) is 0 Å². The van der Waals surface area contributed by atoms with Crippen LogP contribution in [0.15, 0.2) is 42.5 Å². The van der Waals surface area contributed by atoms with Gasteiger partial charge in [0.2, 0.25) is 0 Å². The number of aryl methyl sites for hydroxylation is 1. The molecular formula is C21H23F2NO3. The molecule has 6 heteroatoms. The van der Waals surface area contributed by atoms with Crippen LogP contribution in [-0.4, -0.2) is 36.6 Å². The fourth-order valence-electron chi connectivity index (χ4n) is 3.06. The lowest BCUT2D eigenvalue weighted by Crippen LogP contribution is -2.43. The van der Waals surface area contributed by atoms with Crippen molar-refractivity contribution in [3.8, 4) is 11.5 Å². The van der Waals surface area contributed by atoms with Crippen LogP contribution in [-0.2, 0) is 11.2 Å². The predicted molar refractivity (Wildman–Crippen MR) is 97.9 cm³/mol. The smallest absolute Gasteiger partial charge is 0.260 e. The van der Waals surface area contributed by atoms with E-state index in [1.165, 1.54) is 6.07 Å². The number of rotatable bonds is 6. The van der Waals surface area contributed by atoms with E-state index in [1.807, 2.05) is 24.3 Å². The fraction of sp³-hybridized carbons (Fsp3) is 0.381. The topological polar surface area (TPSA) is 38.8 Å². The first-order valence-corrected chi connectivity index (χ1v) is 9.16. The van der Waals surface area contributed by atoms with E-state index < -0.39 is 11.6 Å². The first kappa shape index (κ1) is 19.1. The summed E-state index contributed by atoms with van der Waals surface area (Å²) >= 11 is 0. The second kappa shape index (κ2) is 8.84. The Balaban J connectivity index is 1.45. The minimum atomic E-state index is -0.926. The number of hydrogen-bond acceptors (Lipinski definition) is 3. The summed E-state index contributed by atoms with van der Waals surface area (Å²) in [5.41, 5.74) is 1.16. The quantitative estimate of drug-likeness (QED) is 0.767. The molecule has 0 spiro atoms. The molecule has 0 bridgehead atoms. The van der Waals surface area contributed by atoms with Gasteiger partial charge in [0.15, 0.2) is 18.2 Å². The summed E-state index contributed by atoms with van der Waals surface area (Å²) < 4.78 is 37.5. The van der Waals surface area contributed by atoms with E-state index in [1.54, 1.807) is 4.90 Å². The highest BCUT2D eigenvalue weighted by Gasteiger charge is 2.24. The second-order valence-corrected chi connectivity index (χ2v) is 6.56. The molecule has 0 radical (unpaired) electrons. The van der Waals surface area contributed by atoms with Crippen LogP contribution in [0.5, 0.6) is 11.5 Å². The van der Waals surface area contributed by atoms with Crippen LogP contribution in [0.4, 0.5) is 8.78 Å². The number of hydrogen-bond donors (Lipinski definition) is 0. The molecule has 2 aromatic carbocycles. The first-order valence-electron chi connectivity index (χ1n) is 9.16. The van der Waals surface area contributed by atoms with Crippen LogP contribution in [0.1, 0.15) is 25.3 Å². The Hall–Kier alpha value is -2.63. The number of amides is 1. The van der Waals surface area contributed by atoms with E-state index in [9.17, 15) is 13.6 Å². The number of nitrogens with zero attached hydrogens (tertiary/aromatic N) is 1. The van der Waals surface area contributed by atoms with Crippen molar-refractivity contribution in [3.05, 3.63) is 59.7 Å². The van der Waals surface area contributed by atoms with Gasteiger partial charge >= 0.3 is 0 Å². The van der Waals surface area contributed by atoms with Crippen LogP contribution in [0, 0.1) is 11.6 Å². The van der Waals surface area contributed by atoms with Gasteiger partial charge in [-0.05, 0) is 36.2 Å². The first-order chi connectivity index (χ1) is 13.0. The van der Waals surface area contributed by atoms with Crippen LogP contribution in [0.2, 0.25) is 0 Å². The lowest BCUT2D eigenvalue weighted by molar-refractivity contribution is -0.135. The van der Waals surface area contributed by atoms with E-state index in [0.29, 0.717) is 37.4 Å². The van der Waals surface area contributed by atoms with Crippen LogP contribution in [0.3, 0.4) is 0 Å². The maximum atomic E-state index is 13.3. The highest BCUT2D eigenvalue weighted by Crippen LogP contribution is 2.21. The van der Waals surface area contributed by atoms with Crippen molar-refractivity contribution in [1.29, 1.82) is 0 Å². The summed E-state index contributed by atoms with van der Waals surface area (Å²) in [6, 6.07) is 11.2. The molecule has 1 saturated heterocycles. The van der Waals surface area contributed by atoms with Crippen molar-refractivity contribution < 1.29 is 23.0 Å². The minimum absolute atomic E-state index is 0.00185. The molecule has 0 aromatic heterocycles. The SMILES string of the molecule is CCc1cccc(OCC(=O)N2CCC(Oc3ccc(F)c(F)c3)CC2)c1. The zero-order valence-electron chi connectivity index (χ0n) is 15.3. The molecule has 1 aliphatic rings. The van der Waals surface area contributed by atoms with E-state index in [2.05, 4.69) is 6.92 Å². The number of carbonyl (C=O) groups is 1. The number of benzene rings is 2. The average Bonchev–Trinajstić information content (AvgIpc) is 2.69. The summed E-state index contributed by atoms with van der Waals surface area (Å²) in [4.78, 5) is 14.1. The van der Waals surface area contributed by atoms with Crippen LogP contribution in [0.25, 0.3) is 0 Å². The molecule has 4 nitrogen and oxygen atoms in total. The second-order valence-electron chi connectivity index (χ2n) is 6.56. The molecule has 27 heavy (non-hydrogen) atoms. The standard InChI is InChI=1S/C21H23F2NO3/c1-2-15-4-3-5-17(12-15)26-14-21(25)24-10-8-16(9-11-24)27-18-6-7-19(22)20(23)13-18/h3-7,12-13,16H,2,8-11,14H2,1H3. The van der Waals surface area contributed by atoms with Gasteiger partial charge in [0.1, 0.15) is 17.6 Å². The Morgan fingerprint density at radius 3 is 2.56 bits per heavy atom. The summed E-state index contributed by atoms with van der Waals surface area (Å²) in [6.07, 6.45) is 2.06. The molecular weight excluding hydrogens is 352 g/mol. The molecule has 1 aliphatic heterocycles. The van der Waals surface area contributed by atoms with Crippen molar-refractivity contribution in [2.75, 3.05) is 19.7 Å². The molecule has 2 aromatic rings. The van der Waals surface area contributed by atoms with Gasteiger partial charge < -0.3 is 14.4 Å². The van der Waals surface area contributed by atoms with Gasteiger partial charge in [0.05, 0.1) is 0 Å². The summed E-state index contributed by atoms with van der Waals surface area (Å²) in [6.45, 7) is 3.16. The van der Waals surface area contributed by atoms with Crippen molar-refractivity contribution in [2.45, 2.75) is 32.3 Å². The molecule has 0 N–H and O–H groups in total. The normalized spacial score (nSPS) is 14.9. The molecule has 0 aliphatic carbocycles. The third-order valence-corrected chi connectivity index (χ3v) is 4.66. The van der Waals surface area contributed by atoms with Gasteiger partial charge in [-0.1, -0.05) is 19.1 Å². The van der Waals surface area contributed by atoms with E-state index in [0.717, 1.165) is 24.1 Å². The van der Waals surface area contributed by atoms with Crippen molar-refractivity contribution in [1.82, 2.24) is 4.90 Å². The van der Waals surface area contributed by atoms with Gasteiger partial charge in [-0.3, -0.25) is 4.79 Å². The largest absolute Gasteiger partial charge is 0.490 e. The van der Waals surface area contributed by atoms with Crippen LogP contribution >= 0.6 is 0 Å². The number of ether oxygens (including phenoxy) is 2. The molecule has 0 atom stereocenters. The molecule has 0 unspecified atom stereocenters. The van der Waals surface area contributed by atoms with Crippen molar-refractivity contribution in [3.63, 3.8) is 0 Å². The lowest BCUT2D eigenvalue weighted by Gasteiger charge is -2.32. The zero-order valence-corrected chi connectivity index (χ0v) is 15.3. The molecule has 1 fully saturated rings. The molecule has 144 valence electrons. The highest BCUT2D eigenvalue weighted by molar-refractivity contribution is 5.77. The Kier molecular flexibility index (Phi) is 6.27. The molecule has 1 heterocycles. The highest BCUT2D eigenvalue weighted by atomic mass is 19.2. The third kappa shape index (κ3) is 5.18. The van der Waals surface area contributed by atoms with E-state index >= 15 is 0 Å². The Bertz CT molecular complexity index is 789. The zero-order chi connectivity index (χ0) is 19.2. The number of carbonyl (C=O) groups excluding carboxylic acids is 1. The van der Waals surface area contributed by atoms with Gasteiger partial charge in [-0.2, -0.15) is 0 Å². The molecule has 0 saturated carbocycles. The van der Waals surface area contributed by atoms with Crippen molar-refractivity contribution >= 4 is 5.91 Å². The third-order valence-electron chi connectivity index (χ3n) is 4.66. The van der Waals surface area contributed by atoms with Gasteiger partial charge in [-0.25, -0.2) is 8.78 Å². The number of halogens is 2. The lowest BCUT2D eigenvalue weighted by atomic mass is 10.1. The number of piperidine rings is 1. The fourth-order valence-corrected chi connectivity index (χ4v) is 3.06. The number of likely N-dealkylation sites (tertiary alicyclic amines) is 1. The van der Waals surface area contributed by atoms with E-state index in [4.69, 9.17) is 9.47 Å². The van der Waals surface area contributed by atoms with Gasteiger partial charge in [-0.15, -0.1) is 0 Å². The van der Waals surface area contributed by atoms with Crippen LogP contribution < -0.4 is 9.47 Å². The minimum Gasteiger partial charge on any atom is -0.490 e. The van der Waals surface area contributed by atoms with E-state index in [-0.39, 0.29) is 18.6 Å². The Labute approximate surface area is 157 Å². The monoisotopic (exact) mass is 375 g/mol. The average molecular weight is 375 g/mol. The molecule has 3 rings (SSSR count). The maximum absolute atomic E-state index is 13.3.